The third-order valence-electron chi connectivity index (χ3n) is 3.13. The molecule has 2 rings (SSSR count). The van der Waals surface area contributed by atoms with Crippen LogP contribution in [0.2, 0.25) is 0 Å². The fraction of sp³-hybridized carbons (Fsp3) is 0.333. The van der Waals surface area contributed by atoms with E-state index in [9.17, 15) is 0 Å². The number of aryl methyl sites for hydroxylation is 1. The maximum atomic E-state index is 5.62. The van der Waals surface area contributed by atoms with Gasteiger partial charge in [-0.3, -0.25) is 4.98 Å². The van der Waals surface area contributed by atoms with Gasteiger partial charge in [0, 0.05) is 44.6 Å². The van der Waals surface area contributed by atoms with E-state index >= 15 is 0 Å². The average molecular weight is 256 g/mol. The van der Waals surface area contributed by atoms with Gasteiger partial charge in [0.1, 0.15) is 5.82 Å². The second-order valence-electron chi connectivity index (χ2n) is 4.68. The Hall–Kier alpha value is -1.94. The first-order chi connectivity index (χ1) is 9.20. The Bertz CT molecular complexity index is 525. The fourth-order valence-corrected chi connectivity index (χ4v) is 2.07. The molecule has 0 atom stereocenters. The number of anilines is 1. The maximum absolute atomic E-state index is 5.62. The number of nitrogens with two attached hydrogens (primary N) is 1. The lowest BCUT2D eigenvalue weighted by Crippen LogP contribution is -2.22. The molecule has 0 aromatic carbocycles. The van der Waals surface area contributed by atoms with E-state index in [0.29, 0.717) is 6.54 Å². The molecule has 2 heterocycles. The zero-order valence-corrected chi connectivity index (χ0v) is 11.5. The second kappa shape index (κ2) is 6.29. The van der Waals surface area contributed by atoms with E-state index < -0.39 is 0 Å². The van der Waals surface area contributed by atoms with E-state index in [1.54, 1.807) is 0 Å². The molecule has 2 aromatic heterocycles. The van der Waals surface area contributed by atoms with E-state index in [1.165, 1.54) is 0 Å². The molecule has 0 radical (unpaired) electrons. The quantitative estimate of drug-likeness (QED) is 0.888. The number of hydrogen-bond donors (Lipinski definition) is 1. The molecule has 2 aromatic rings. The molecule has 0 aliphatic carbocycles. The Morgan fingerprint density at radius 3 is 2.74 bits per heavy atom. The summed E-state index contributed by atoms with van der Waals surface area (Å²) in [5, 5.41) is 0. The molecule has 0 aliphatic rings. The molecule has 2 N–H and O–H groups in total. The van der Waals surface area contributed by atoms with Crippen molar-refractivity contribution < 1.29 is 0 Å². The minimum absolute atomic E-state index is 0.534. The van der Waals surface area contributed by atoms with Gasteiger partial charge in [0.05, 0.1) is 0 Å². The van der Waals surface area contributed by atoms with E-state index in [2.05, 4.69) is 34.9 Å². The third kappa shape index (κ3) is 3.51. The molecule has 0 aliphatic heterocycles. The zero-order chi connectivity index (χ0) is 13.7. The summed E-state index contributed by atoms with van der Waals surface area (Å²) < 4.78 is 0. The van der Waals surface area contributed by atoms with Gasteiger partial charge < -0.3 is 10.6 Å². The number of likely N-dealkylation sites (N-methyl/N-ethyl adjacent to an activating group) is 1. The lowest BCUT2D eigenvalue weighted by molar-refractivity contribution is 0.833. The second-order valence-corrected chi connectivity index (χ2v) is 4.68. The first kappa shape index (κ1) is 13.5. The summed E-state index contributed by atoms with van der Waals surface area (Å²) >= 11 is 0. The van der Waals surface area contributed by atoms with Crippen molar-refractivity contribution in [2.24, 2.45) is 5.73 Å². The van der Waals surface area contributed by atoms with Gasteiger partial charge in [0.25, 0.3) is 0 Å². The molecule has 0 amide bonds. The average Bonchev–Trinajstić information content (AvgIpc) is 2.45. The largest absolute Gasteiger partial charge is 0.359 e. The van der Waals surface area contributed by atoms with Gasteiger partial charge in [-0.2, -0.15) is 0 Å². The molecule has 19 heavy (non-hydrogen) atoms. The molecule has 0 unspecified atom stereocenters. The summed E-state index contributed by atoms with van der Waals surface area (Å²) in [4.78, 5) is 11.0. The molecule has 4 nitrogen and oxygen atoms in total. The number of rotatable bonds is 5. The van der Waals surface area contributed by atoms with Crippen molar-refractivity contribution in [2.75, 3.05) is 18.5 Å². The van der Waals surface area contributed by atoms with Crippen LogP contribution in [0.15, 0.2) is 36.7 Å². The molecule has 0 spiro atoms. The highest BCUT2D eigenvalue weighted by Gasteiger charge is 2.07. The van der Waals surface area contributed by atoms with Gasteiger partial charge in [-0.15, -0.1) is 0 Å². The van der Waals surface area contributed by atoms with Gasteiger partial charge in [-0.25, -0.2) is 4.98 Å². The molecular weight excluding hydrogens is 236 g/mol. The molecule has 100 valence electrons. The number of pyridine rings is 2. The van der Waals surface area contributed by atoms with Crippen LogP contribution in [-0.2, 0) is 13.0 Å². The van der Waals surface area contributed by atoms with Crippen LogP contribution in [-0.4, -0.2) is 23.6 Å². The van der Waals surface area contributed by atoms with Gasteiger partial charge in [0.15, 0.2) is 0 Å². The summed E-state index contributed by atoms with van der Waals surface area (Å²) in [5.74, 6) is 1.01. The van der Waals surface area contributed by atoms with Crippen LogP contribution in [0.4, 0.5) is 5.82 Å². The van der Waals surface area contributed by atoms with Gasteiger partial charge >= 0.3 is 0 Å². The van der Waals surface area contributed by atoms with Crippen molar-refractivity contribution in [2.45, 2.75) is 19.9 Å². The summed E-state index contributed by atoms with van der Waals surface area (Å²) in [5.41, 5.74) is 8.95. The molecular formula is C15H20N4. The highest BCUT2D eigenvalue weighted by molar-refractivity contribution is 5.46. The molecule has 0 fully saturated rings. The SMILES string of the molecule is Cc1cc(CN)cnc1N(C)CCc1ccccn1. The van der Waals surface area contributed by atoms with E-state index in [-0.39, 0.29) is 0 Å². The molecule has 0 bridgehead atoms. The molecule has 4 heteroatoms. The van der Waals surface area contributed by atoms with Crippen LogP contribution >= 0.6 is 0 Å². The Kier molecular flexibility index (Phi) is 4.47. The first-order valence-corrected chi connectivity index (χ1v) is 6.47. The summed E-state index contributed by atoms with van der Waals surface area (Å²) in [6, 6.07) is 8.09. The third-order valence-corrected chi connectivity index (χ3v) is 3.13. The lowest BCUT2D eigenvalue weighted by atomic mass is 10.2. The zero-order valence-electron chi connectivity index (χ0n) is 11.5. The topological polar surface area (TPSA) is 55.0 Å². The first-order valence-electron chi connectivity index (χ1n) is 6.47. The minimum Gasteiger partial charge on any atom is -0.359 e. The fourth-order valence-electron chi connectivity index (χ4n) is 2.07. The van der Waals surface area contributed by atoms with Crippen LogP contribution in [0.1, 0.15) is 16.8 Å². The molecule has 0 saturated heterocycles. The summed E-state index contributed by atoms with van der Waals surface area (Å²) in [6.45, 7) is 3.50. The van der Waals surface area contributed by atoms with E-state index in [0.717, 1.165) is 35.6 Å². The Morgan fingerprint density at radius 1 is 1.26 bits per heavy atom. The van der Waals surface area contributed by atoms with Crippen LogP contribution in [0.3, 0.4) is 0 Å². The Labute approximate surface area is 114 Å². The number of nitrogens with zero attached hydrogens (tertiary/aromatic N) is 3. The van der Waals surface area contributed by atoms with Crippen molar-refractivity contribution in [3.05, 3.63) is 53.5 Å². The predicted molar refractivity (Wildman–Crippen MR) is 78.1 cm³/mol. The van der Waals surface area contributed by atoms with Gasteiger partial charge in [-0.1, -0.05) is 6.07 Å². The van der Waals surface area contributed by atoms with Crippen molar-refractivity contribution in [1.82, 2.24) is 9.97 Å². The van der Waals surface area contributed by atoms with Crippen LogP contribution < -0.4 is 10.6 Å². The summed E-state index contributed by atoms with van der Waals surface area (Å²) in [6.07, 6.45) is 4.59. The Morgan fingerprint density at radius 2 is 2.11 bits per heavy atom. The standard InChI is InChI=1S/C15H20N4/c1-12-9-13(10-16)11-18-15(12)19(2)8-6-14-5-3-4-7-17-14/h3-5,7,9,11H,6,8,10,16H2,1-2H3. The van der Waals surface area contributed by atoms with E-state index in [4.69, 9.17) is 5.73 Å². The minimum atomic E-state index is 0.534. The monoisotopic (exact) mass is 256 g/mol. The smallest absolute Gasteiger partial charge is 0.131 e. The van der Waals surface area contributed by atoms with Crippen molar-refractivity contribution in [1.29, 1.82) is 0 Å². The summed E-state index contributed by atoms with van der Waals surface area (Å²) in [7, 11) is 2.06. The van der Waals surface area contributed by atoms with Crippen LogP contribution in [0, 0.1) is 6.92 Å². The highest BCUT2D eigenvalue weighted by atomic mass is 15.2. The van der Waals surface area contributed by atoms with Crippen LogP contribution in [0.5, 0.6) is 0 Å². The number of aromatic nitrogens is 2. The predicted octanol–water partition coefficient (Wildman–Crippen LogP) is 1.92. The van der Waals surface area contributed by atoms with Crippen molar-refractivity contribution in [3.63, 3.8) is 0 Å². The lowest BCUT2D eigenvalue weighted by Gasteiger charge is -2.20. The van der Waals surface area contributed by atoms with Crippen molar-refractivity contribution >= 4 is 5.82 Å². The van der Waals surface area contributed by atoms with Gasteiger partial charge in [-0.05, 0) is 36.2 Å². The van der Waals surface area contributed by atoms with E-state index in [1.807, 2.05) is 30.6 Å². The highest BCUT2D eigenvalue weighted by Crippen LogP contribution is 2.16. The Balaban J connectivity index is 2.02. The maximum Gasteiger partial charge on any atom is 0.131 e. The molecule has 0 saturated carbocycles. The number of hydrogen-bond acceptors (Lipinski definition) is 4. The van der Waals surface area contributed by atoms with Crippen LogP contribution in [0.25, 0.3) is 0 Å². The normalized spacial score (nSPS) is 10.5. The van der Waals surface area contributed by atoms with Gasteiger partial charge in [0.2, 0.25) is 0 Å². The van der Waals surface area contributed by atoms with Crippen molar-refractivity contribution in [3.8, 4) is 0 Å².